The van der Waals surface area contributed by atoms with Crippen LogP contribution >= 0.6 is 0 Å². The topological polar surface area (TPSA) is 88.4 Å². The maximum atomic E-state index is 14.4. The SMILES string of the molecule is CCOc1ccc(Cc2cc([C@@H]3O[C@H](CO)[C@@H](O)[C@H](OC)[C@H]3O)ccc2[18F])cc1. The van der Waals surface area contributed by atoms with Crippen LogP contribution in [0.3, 0.4) is 0 Å². The van der Waals surface area contributed by atoms with Gasteiger partial charge >= 0.3 is 0 Å². The van der Waals surface area contributed by atoms with Gasteiger partial charge in [0.2, 0.25) is 0 Å². The minimum absolute atomic E-state index is 0.356. The summed E-state index contributed by atoms with van der Waals surface area (Å²) < 4.78 is 30.8. The molecule has 0 radical (unpaired) electrons. The average molecular weight is 405 g/mol. The van der Waals surface area contributed by atoms with E-state index in [1.54, 1.807) is 6.07 Å². The van der Waals surface area contributed by atoms with Crippen LogP contribution in [0.25, 0.3) is 0 Å². The quantitative estimate of drug-likeness (QED) is 0.653. The highest BCUT2D eigenvalue weighted by molar-refractivity contribution is 5.35. The van der Waals surface area contributed by atoms with Crippen molar-refractivity contribution in [3.63, 3.8) is 0 Å². The van der Waals surface area contributed by atoms with E-state index in [9.17, 15) is 19.7 Å². The molecule has 0 aliphatic carbocycles. The van der Waals surface area contributed by atoms with Crippen molar-refractivity contribution in [2.24, 2.45) is 0 Å². The molecule has 7 heteroatoms. The highest BCUT2D eigenvalue weighted by Crippen LogP contribution is 2.34. The maximum Gasteiger partial charge on any atom is 0.126 e. The number of hydrogen-bond donors (Lipinski definition) is 3. The lowest BCUT2D eigenvalue weighted by Gasteiger charge is -2.41. The van der Waals surface area contributed by atoms with Gasteiger partial charge in [0.05, 0.1) is 13.2 Å². The monoisotopic (exact) mass is 405 g/mol. The van der Waals surface area contributed by atoms with Gasteiger partial charge in [0.25, 0.3) is 0 Å². The van der Waals surface area contributed by atoms with Crippen LogP contribution in [-0.2, 0) is 15.9 Å². The van der Waals surface area contributed by atoms with E-state index in [0.717, 1.165) is 11.3 Å². The van der Waals surface area contributed by atoms with Crippen molar-refractivity contribution in [1.29, 1.82) is 0 Å². The second-order valence-electron chi connectivity index (χ2n) is 7.06. The van der Waals surface area contributed by atoms with Gasteiger partial charge in [-0.1, -0.05) is 18.2 Å². The van der Waals surface area contributed by atoms with E-state index in [1.165, 1.54) is 19.2 Å². The first-order valence-corrected chi connectivity index (χ1v) is 9.63. The molecule has 1 aliphatic heterocycles. The molecule has 1 heterocycles. The maximum absolute atomic E-state index is 14.4. The summed E-state index contributed by atoms with van der Waals surface area (Å²) in [6.07, 6.45) is -4.67. The predicted octanol–water partition coefficient (Wildman–Crippen LogP) is 1.98. The molecule has 2 aromatic rings. The Kier molecular flexibility index (Phi) is 7.21. The number of hydrogen-bond acceptors (Lipinski definition) is 6. The van der Waals surface area contributed by atoms with Crippen LogP contribution in [-0.4, -0.2) is 60.1 Å². The van der Waals surface area contributed by atoms with E-state index in [4.69, 9.17) is 14.2 Å². The van der Waals surface area contributed by atoms with Gasteiger partial charge in [-0.15, -0.1) is 0 Å². The highest BCUT2D eigenvalue weighted by Gasteiger charge is 2.45. The Labute approximate surface area is 169 Å². The van der Waals surface area contributed by atoms with E-state index in [2.05, 4.69) is 0 Å². The molecule has 158 valence electrons. The zero-order valence-electron chi connectivity index (χ0n) is 16.5. The Bertz CT molecular complexity index is 796. The fourth-order valence-electron chi connectivity index (χ4n) is 3.64. The van der Waals surface area contributed by atoms with Gasteiger partial charge in [-0.3, -0.25) is 0 Å². The lowest BCUT2D eigenvalue weighted by molar-refractivity contribution is -0.238. The smallest absolute Gasteiger partial charge is 0.126 e. The fourth-order valence-corrected chi connectivity index (χ4v) is 3.64. The van der Waals surface area contributed by atoms with E-state index in [1.807, 2.05) is 31.2 Å². The normalized spacial score (nSPS) is 27.0. The lowest BCUT2D eigenvalue weighted by Crippen LogP contribution is -2.56. The van der Waals surface area contributed by atoms with Crippen molar-refractivity contribution in [3.05, 3.63) is 65.0 Å². The molecule has 29 heavy (non-hydrogen) atoms. The molecule has 6 nitrogen and oxygen atoms in total. The summed E-state index contributed by atoms with van der Waals surface area (Å²) in [4.78, 5) is 0. The Morgan fingerprint density at radius 3 is 2.41 bits per heavy atom. The predicted molar refractivity (Wildman–Crippen MR) is 104 cm³/mol. The van der Waals surface area contributed by atoms with Crippen LogP contribution in [0.4, 0.5) is 4.39 Å². The molecule has 0 saturated carbocycles. The van der Waals surface area contributed by atoms with Gasteiger partial charge in [-0.25, -0.2) is 4.39 Å². The van der Waals surface area contributed by atoms with Crippen LogP contribution in [0.5, 0.6) is 5.75 Å². The standard InChI is InChI=1S/C22H27FO6/c1-3-28-16-7-4-13(5-8-16)10-15-11-14(6-9-17(15)23)21-20(26)22(27-2)19(25)18(12-24)29-21/h4-9,11,18-22,24-26H,3,10,12H2,1-2H3/t18-,19-,20+,21+,22+/m1/s1/i23-1. The minimum Gasteiger partial charge on any atom is -0.494 e. The number of halogens is 1. The number of aliphatic hydroxyl groups excluding tert-OH is 3. The first-order chi connectivity index (χ1) is 14.0. The van der Waals surface area contributed by atoms with Gasteiger partial charge in [-0.05, 0) is 47.9 Å². The third-order valence-electron chi connectivity index (χ3n) is 5.17. The van der Waals surface area contributed by atoms with Crippen LogP contribution in [0, 0.1) is 5.82 Å². The van der Waals surface area contributed by atoms with Gasteiger partial charge < -0.3 is 29.5 Å². The summed E-state index contributed by atoms with van der Waals surface area (Å²) >= 11 is 0. The first-order valence-electron chi connectivity index (χ1n) is 9.63. The Morgan fingerprint density at radius 1 is 1.07 bits per heavy atom. The van der Waals surface area contributed by atoms with Crippen molar-refractivity contribution in [3.8, 4) is 5.75 Å². The summed E-state index contributed by atoms with van der Waals surface area (Å²) in [6, 6.07) is 11.9. The van der Waals surface area contributed by atoms with Gasteiger partial charge in [0, 0.05) is 13.5 Å². The van der Waals surface area contributed by atoms with Crippen LogP contribution < -0.4 is 4.74 Å². The van der Waals surface area contributed by atoms with Crippen molar-refractivity contribution < 1.29 is 33.9 Å². The van der Waals surface area contributed by atoms with Crippen LogP contribution in [0.1, 0.15) is 29.7 Å². The van der Waals surface area contributed by atoms with E-state index < -0.39 is 37.1 Å². The molecular weight excluding hydrogens is 378 g/mol. The molecule has 1 aliphatic rings. The van der Waals surface area contributed by atoms with Crippen molar-refractivity contribution >= 4 is 0 Å². The number of benzene rings is 2. The number of aliphatic hydroxyl groups is 3. The summed E-state index contributed by atoms with van der Waals surface area (Å²) in [6.45, 7) is 2.06. The number of methoxy groups -OCH3 is 1. The van der Waals surface area contributed by atoms with Crippen molar-refractivity contribution in [2.75, 3.05) is 20.3 Å². The van der Waals surface area contributed by atoms with Gasteiger partial charge in [-0.2, -0.15) is 0 Å². The largest absolute Gasteiger partial charge is 0.494 e. The van der Waals surface area contributed by atoms with Crippen LogP contribution in [0.2, 0.25) is 0 Å². The molecule has 0 aromatic heterocycles. The summed E-state index contributed by atoms with van der Waals surface area (Å²) in [5.74, 6) is 0.387. The number of ether oxygens (including phenoxy) is 3. The zero-order chi connectivity index (χ0) is 21.0. The molecule has 1 saturated heterocycles. The molecule has 0 bridgehead atoms. The third kappa shape index (κ3) is 4.76. The summed E-state index contributed by atoms with van der Waals surface area (Å²) in [5.41, 5.74) is 1.91. The molecule has 1 fully saturated rings. The molecule has 5 atom stereocenters. The molecule has 0 unspecified atom stereocenters. The van der Waals surface area contributed by atoms with E-state index in [0.29, 0.717) is 24.2 Å². The molecule has 3 rings (SSSR count). The van der Waals surface area contributed by atoms with Gasteiger partial charge in [0.15, 0.2) is 0 Å². The second-order valence-corrected chi connectivity index (χ2v) is 7.06. The third-order valence-corrected chi connectivity index (χ3v) is 5.17. The Hall–Kier alpha value is -2.03. The summed E-state index contributed by atoms with van der Waals surface area (Å²) in [5, 5.41) is 30.3. The van der Waals surface area contributed by atoms with Crippen LogP contribution in [0.15, 0.2) is 42.5 Å². The molecule has 3 N–H and O–H groups in total. The number of rotatable bonds is 7. The Balaban J connectivity index is 1.84. The minimum atomic E-state index is -1.17. The summed E-state index contributed by atoms with van der Waals surface area (Å²) in [7, 11) is 1.37. The molecule has 2 aromatic carbocycles. The second kappa shape index (κ2) is 9.65. The fraction of sp³-hybridized carbons (Fsp3) is 0.455. The molecular formula is C22H27FO6. The van der Waals surface area contributed by atoms with Crippen molar-refractivity contribution in [1.82, 2.24) is 0 Å². The molecule has 0 spiro atoms. The van der Waals surface area contributed by atoms with E-state index in [-0.39, 0.29) is 5.82 Å². The molecule has 0 amide bonds. The van der Waals surface area contributed by atoms with E-state index >= 15 is 0 Å². The highest BCUT2D eigenvalue weighted by atomic mass is 18.2. The lowest BCUT2D eigenvalue weighted by atomic mass is 9.90. The average Bonchev–Trinajstić information content (AvgIpc) is 2.72. The van der Waals surface area contributed by atoms with Crippen molar-refractivity contribution in [2.45, 2.75) is 43.9 Å². The first kappa shape index (κ1) is 21.7. The zero-order valence-corrected chi connectivity index (χ0v) is 16.5. The Morgan fingerprint density at radius 2 is 1.79 bits per heavy atom. The van der Waals surface area contributed by atoms with Gasteiger partial charge in [0.1, 0.15) is 42.1 Å².